The van der Waals surface area contributed by atoms with E-state index in [9.17, 15) is 4.79 Å². The quantitative estimate of drug-likeness (QED) is 0.188. The highest BCUT2D eigenvalue weighted by molar-refractivity contribution is 5.94. The molecule has 0 radical (unpaired) electrons. The van der Waals surface area contributed by atoms with Gasteiger partial charge >= 0.3 is 0 Å². The fourth-order valence-corrected chi connectivity index (χ4v) is 4.77. The van der Waals surface area contributed by atoms with Gasteiger partial charge in [-0.1, -0.05) is 120 Å². The molecule has 0 heterocycles. The second-order valence-corrected chi connectivity index (χ2v) is 10.2. The molecule has 1 amide bonds. The predicted molar refractivity (Wildman–Crippen MR) is 156 cm³/mol. The Labute approximate surface area is 224 Å². The van der Waals surface area contributed by atoms with Crippen LogP contribution in [-0.2, 0) is 6.42 Å². The van der Waals surface area contributed by atoms with Crippen molar-refractivity contribution in [1.82, 2.24) is 5.32 Å². The van der Waals surface area contributed by atoms with Gasteiger partial charge in [0.2, 0.25) is 0 Å². The summed E-state index contributed by atoms with van der Waals surface area (Å²) < 4.78 is 6.16. The Kier molecular flexibility index (Phi) is 12.8. The van der Waals surface area contributed by atoms with E-state index in [1.54, 1.807) is 0 Å². The molecule has 1 atom stereocenters. The fraction of sp³-hybridized carbons (Fsp3) is 0.441. The molecule has 0 spiro atoms. The van der Waals surface area contributed by atoms with Crippen LogP contribution >= 0.6 is 0 Å². The Morgan fingerprint density at radius 1 is 0.730 bits per heavy atom. The minimum absolute atomic E-state index is 0.0251. The highest BCUT2D eigenvalue weighted by atomic mass is 16.5. The van der Waals surface area contributed by atoms with Crippen LogP contribution in [0, 0.1) is 0 Å². The van der Waals surface area contributed by atoms with Gasteiger partial charge < -0.3 is 10.1 Å². The van der Waals surface area contributed by atoms with E-state index in [0.717, 1.165) is 36.4 Å². The van der Waals surface area contributed by atoms with Gasteiger partial charge in [-0.2, -0.15) is 0 Å². The smallest absolute Gasteiger partial charge is 0.251 e. The number of ether oxygens (including phenoxy) is 1. The second kappa shape index (κ2) is 16.6. The van der Waals surface area contributed by atoms with Crippen LogP contribution in [-0.4, -0.2) is 12.5 Å². The van der Waals surface area contributed by atoms with Gasteiger partial charge in [0.15, 0.2) is 0 Å². The number of para-hydroxylation sites is 2. The summed E-state index contributed by atoms with van der Waals surface area (Å²) in [5.41, 5.74) is 3.13. The molecule has 3 heteroatoms. The number of carbonyl (C=O) groups excluding carboxylic acids is 1. The van der Waals surface area contributed by atoms with Crippen molar-refractivity contribution in [2.45, 2.75) is 90.4 Å². The monoisotopic (exact) mass is 499 g/mol. The van der Waals surface area contributed by atoms with Crippen molar-refractivity contribution >= 4 is 5.91 Å². The van der Waals surface area contributed by atoms with E-state index in [-0.39, 0.29) is 11.8 Å². The Hall–Kier alpha value is -3.07. The molecule has 1 unspecified atom stereocenters. The van der Waals surface area contributed by atoms with E-state index in [0.29, 0.717) is 0 Å². The molecule has 0 aliphatic carbocycles. The lowest BCUT2D eigenvalue weighted by atomic mass is 9.92. The first-order valence-electron chi connectivity index (χ1n) is 14.4. The van der Waals surface area contributed by atoms with Gasteiger partial charge in [-0.3, -0.25) is 4.79 Å². The number of hydrogen-bond acceptors (Lipinski definition) is 2. The van der Waals surface area contributed by atoms with Crippen LogP contribution in [0.3, 0.4) is 0 Å². The van der Waals surface area contributed by atoms with E-state index >= 15 is 0 Å². The fourth-order valence-electron chi connectivity index (χ4n) is 4.77. The highest BCUT2D eigenvalue weighted by Crippen LogP contribution is 2.32. The average molecular weight is 500 g/mol. The van der Waals surface area contributed by atoms with Gasteiger partial charge in [0.05, 0.1) is 0 Å². The molecule has 3 nitrogen and oxygen atoms in total. The normalized spacial score (nSPS) is 11.7. The topological polar surface area (TPSA) is 38.3 Å². The Bertz CT molecular complexity index is 1030. The summed E-state index contributed by atoms with van der Waals surface area (Å²) in [6.07, 6.45) is 13.9. The van der Waals surface area contributed by atoms with Crippen LogP contribution in [0.4, 0.5) is 0 Å². The molecule has 198 valence electrons. The number of unbranched alkanes of at least 4 members (excludes halogenated alkanes) is 9. The van der Waals surface area contributed by atoms with E-state index < -0.39 is 0 Å². The Morgan fingerprint density at radius 3 is 2.00 bits per heavy atom. The zero-order chi connectivity index (χ0) is 26.1. The van der Waals surface area contributed by atoms with E-state index in [1.807, 2.05) is 54.6 Å². The SMILES string of the molecule is CCCCCCCCCCCCNC(=O)c1ccc(CC(C)c2ccccc2Oc2ccccc2)cc1. The van der Waals surface area contributed by atoms with Gasteiger partial charge in [-0.05, 0) is 60.2 Å². The maximum atomic E-state index is 12.6. The summed E-state index contributed by atoms with van der Waals surface area (Å²) in [5.74, 6) is 2.05. The molecular formula is C34H45NO2. The van der Waals surface area contributed by atoms with E-state index in [1.165, 1.54) is 68.9 Å². The lowest BCUT2D eigenvalue weighted by molar-refractivity contribution is 0.0953. The third-order valence-corrected chi connectivity index (χ3v) is 6.99. The molecule has 37 heavy (non-hydrogen) atoms. The molecule has 0 aliphatic rings. The molecule has 3 aromatic rings. The van der Waals surface area contributed by atoms with Gasteiger partial charge in [-0.15, -0.1) is 0 Å². The Morgan fingerprint density at radius 2 is 1.32 bits per heavy atom. The summed E-state index contributed by atoms with van der Waals surface area (Å²) in [4.78, 5) is 12.6. The maximum absolute atomic E-state index is 12.6. The molecule has 0 saturated heterocycles. The molecule has 3 rings (SSSR count). The van der Waals surface area contributed by atoms with Crippen LogP contribution < -0.4 is 10.1 Å². The van der Waals surface area contributed by atoms with Crippen LogP contribution in [0.2, 0.25) is 0 Å². The largest absolute Gasteiger partial charge is 0.457 e. The minimum Gasteiger partial charge on any atom is -0.457 e. The first-order chi connectivity index (χ1) is 18.2. The number of rotatable bonds is 17. The lowest BCUT2D eigenvalue weighted by Crippen LogP contribution is -2.24. The first kappa shape index (κ1) is 28.5. The van der Waals surface area contributed by atoms with Crippen molar-refractivity contribution in [2.24, 2.45) is 0 Å². The van der Waals surface area contributed by atoms with E-state index in [2.05, 4.69) is 43.4 Å². The third kappa shape index (κ3) is 10.4. The predicted octanol–water partition coefficient (Wildman–Crippen LogP) is 9.48. The third-order valence-electron chi connectivity index (χ3n) is 6.99. The van der Waals surface area contributed by atoms with Crippen molar-refractivity contribution in [2.75, 3.05) is 6.54 Å². The highest BCUT2D eigenvalue weighted by Gasteiger charge is 2.13. The molecule has 3 aromatic carbocycles. The van der Waals surface area contributed by atoms with Crippen molar-refractivity contribution in [3.05, 3.63) is 95.6 Å². The minimum atomic E-state index is 0.0251. The summed E-state index contributed by atoms with van der Waals surface area (Å²) in [7, 11) is 0. The van der Waals surface area contributed by atoms with Gasteiger partial charge in [0.25, 0.3) is 5.91 Å². The Balaban J connectivity index is 1.38. The molecule has 0 bridgehead atoms. The van der Waals surface area contributed by atoms with Crippen LogP contribution in [0.5, 0.6) is 11.5 Å². The van der Waals surface area contributed by atoms with Gasteiger partial charge in [0.1, 0.15) is 11.5 Å². The second-order valence-electron chi connectivity index (χ2n) is 10.2. The lowest BCUT2D eigenvalue weighted by Gasteiger charge is -2.17. The zero-order valence-corrected chi connectivity index (χ0v) is 22.9. The number of nitrogens with one attached hydrogen (secondary N) is 1. The first-order valence-corrected chi connectivity index (χ1v) is 14.4. The molecule has 1 N–H and O–H groups in total. The maximum Gasteiger partial charge on any atom is 0.251 e. The molecular weight excluding hydrogens is 454 g/mol. The molecule has 0 saturated carbocycles. The number of amides is 1. The van der Waals surface area contributed by atoms with Crippen LogP contribution in [0.25, 0.3) is 0 Å². The van der Waals surface area contributed by atoms with Crippen molar-refractivity contribution < 1.29 is 9.53 Å². The van der Waals surface area contributed by atoms with Crippen LogP contribution in [0.15, 0.2) is 78.9 Å². The van der Waals surface area contributed by atoms with Gasteiger partial charge in [0, 0.05) is 12.1 Å². The summed E-state index contributed by atoms with van der Waals surface area (Å²) >= 11 is 0. The summed E-state index contributed by atoms with van der Waals surface area (Å²) in [6.45, 7) is 5.24. The zero-order valence-electron chi connectivity index (χ0n) is 22.9. The number of benzene rings is 3. The number of carbonyl (C=O) groups is 1. The average Bonchev–Trinajstić information content (AvgIpc) is 2.93. The van der Waals surface area contributed by atoms with Crippen molar-refractivity contribution in [3.63, 3.8) is 0 Å². The summed E-state index contributed by atoms with van der Waals surface area (Å²) in [5, 5.41) is 3.09. The van der Waals surface area contributed by atoms with E-state index in [4.69, 9.17) is 4.74 Å². The molecule has 0 fully saturated rings. The standard InChI is InChI=1S/C34H45NO2/c1-3-4-5-6-7-8-9-10-11-17-26-35-34(36)30-24-22-29(23-25-30)27-28(2)32-20-15-16-21-33(32)37-31-18-13-12-14-19-31/h12-16,18-25,28H,3-11,17,26-27H2,1-2H3,(H,35,36). The van der Waals surface area contributed by atoms with Crippen LogP contribution in [0.1, 0.15) is 105 Å². The van der Waals surface area contributed by atoms with Crippen molar-refractivity contribution in [1.29, 1.82) is 0 Å². The molecule has 0 aliphatic heterocycles. The number of hydrogen-bond donors (Lipinski definition) is 1. The van der Waals surface area contributed by atoms with Gasteiger partial charge in [-0.25, -0.2) is 0 Å². The summed E-state index contributed by atoms with van der Waals surface area (Å²) in [6, 6.07) is 26.2. The van der Waals surface area contributed by atoms with Crippen molar-refractivity contribution in [3.8, 4) is 11.5 Å². The molecule has 0 aromatic heterocycles.